The Bertz CT molecular complexity index is 1030. The van der Waals surface area contributed by atoms with Gasteiger partial charge in [0, 0.05) is 36.4 Å². The van der Waals surface area contributed by atoms with Crippen LogP contribution < -0.4 is 10.2 Å². The summed E-state index contributed by atoms with van der Waals surface area (Å²) in [6, 6.07) is 11.5. The van der Waals surface area contributed by atoms with Gasteiger partial charge in [0.15, 0.2) is 5.82 Å². The van der Waals surface area contributed by atoms with Crippen molar-refractivity contribution in [3.63, 3.8) is 0 Å². The second kappa shape index (κ2) is 8.83. The first-order valence-electron chi connectivity index (χ1n) is 10.1. The highest BCUT2D eigenvalue weighted by Crippen LogP contribution is 2.23. The minimum absolute atomic E-state index is 0.0712. The second-order valence-corrected chi connectivity index (χ2v) is 8.14. The number of nitrogens with zero attached hydrogens (tertiary/aromatic N) is 5. The Morgan fingerprint density at radius 2 is 1.93 bits per heavy atom. The zero-order valence-electron chi connectivity index (χ0n) is 17.2. The van der Waals surface area contributed by atoms with E-state index in [0.717, 1.165) is 48.0 Å². The maximum Gasteiger partial charge on any atom is 0.225 e. The Labute approximate surface area is 181 Å². The number of halogens is 1. The first-order valence-corrected chi connectivity index (χ1v) is 10.5. The summed E-state index contributed by atoms with van der Waals surface area (Å²) in [7, 11) is 0. The van der Waals surface area contributed by atoms with Crippen LogP contribution in [0.1, 0.15) is 29.8 Å². The predicted octanol–water partition coefficient (Wildman–Crippen LogP) is 3.47. The molecule has 30 heavy (non-hydrogen) atoms. The molecule has 0 bridgehead atoms. The molecule has 0 aliphatic carbocycles. The van der Waals surface area contributed by atoms with Crippen LogP contribution in [0, 0.1) is 19.8 Å². The Kier molecular flexibility index (Phi) is 5.99. The van der Waals surface area contributed by atoms with E-state index in [4.69, 9.17) is 11.6 Å². The summed E-state index contributed by atoms with van der Waals surface area (Å²) in [4.78, 5) is 23.7. The van der Waals surface area contributed by atoms with E-state index in [9.17, 15) is 4.79 Å². The lowest BCUT2D eigenvalue weighted by Gasteiger charge is -2.33. The molecule has 1 fully saturated rings. The van der Waals surface area contributed by atoms with Crippen LogP contribution in [0.4, 0.5) is 5.82 Å². The second-order valence-electron chi connectivity index (χ2n) is 7.70. The van der Waals surface area contributed by atoms with Crippen LogP contribution in [-0.4, -0.2) is 38.7 Å². The monoisotopic (exact) mass is 424 g/mol. The van der Waals surface area contributed by atoms with E-state index in [-0.39, 0.29) is 11.8 Å². The number of benzene rings is 1. The average molecular weight is 425 g/mol. The number of anilines is 1. The van der Waals surface area contributed by atoms with Gasteiger partial charge >= 0.3 is 0 Å². The van der Waals surface area contributed by atoms with Crippen LogP contribution in [0.2, 0.25) is 5.02 Å². The maximum atomic E-state index is 12.7. The maximum absolute atomic E-state index is 12.7. The fourth-order valence-corrected chi connectivity index (χ4v) is 3.95. The third-order valence-corrected chi connectivity index (χ3v) is 5.61. The van der Waals surface area contributed by atoms with Gasteiger partial charge in [-0.3, -0.25) is 4.79 Å². The fourth-order valence-electron chi connectivity index (χ4n) is 3.82. The first-order chi connectivity index (χ1) is 14.5. The largest absolute Gasteiger partial charge is 0.356 e. The van der Waals surface area contributed by atoms with Crippen molar-refractivity contribution in [3.05, 3.63) is 64.7 Å². The number of hydrogen-bond acceptors (Lipinski definition) is 5. The molecule has 1 N–H and O–H groups in total. The van der Waals surface area contributed by atoms with Crippen LogP contribution in [0.15, 0.2) is 42.7 Å². The molecule has 1 aliphatic heterocycles. The Balaban J connectivity index is 1.42. The lowest BCUT2D eigenvalue weighted by molar-refractivity contribution is -0.125. The predicted molar refractivity (Wildman–Crippen MR) is 117 cm³/mol. The van der Waals surface area contributed by atoms with Crippen LogP contribution >= 0.6 is 11.6 Å². The van der Waals surface area contributed by atoms with Crippen molar-refractivity contribution in [3.8, 4) is 5.82 Å². The lowest BCUT2D eigenvalue weighted by atomic mass is 9.97. The number of amides is 1. The summed E-state index contributed by atoms with van der Waals surface area (Å²) in [5.74, 6) is 1.56. The molecule has 1 saturated heterocycles. The van der Waals surface area contributed by atoms with Gasteiger partial charge in [-0.1, -0.05) is 23.7 Å². The normalized spacial score (nSPS) is 16.5. The van der Waals surface area contributed by atoms with Crippen molar-refractivity contribution in [1.82, 2.24) is 25.1 Å². The quantitative estimate of drug-likeness (QED) is 0.678. The molecule has 1 atom stereocenters. The number of piperidine rings is 1. The van der Waals surface area contributed by atoms with Gasteiger partial charge in [-0.2, -0.15) is 5.10 Å². The number of rotatable bonds is 5. The zero-order valence-corrected chi connectivity index (χ0v) is 17.9. The molecule has 156 valence electrons. The SMILES string of the molecule is Cc1cc(C)n(-c2cc(N3CCC[C@H](C(=O)NCc4ccc(Cl)cc4)C3)ncn2)n1. The van der Waals surface area contributed by atoms with Crippen LogP contribution in [-0.2, 0) is 11.3 Å². The molecule has 3 heterocycles. The number of carbonyl (C=O) groups excluding carboxylic acids is 1. The van der Waals surface area contributed by atoms with E-state index in [0.29, 0.717) is 18.1 Å². The zero-order chi connectivity index (χ0) is 21.1. The summed E-state index contributed by atoms with van der Waals surface area (Å²) in [6.07, 6.45) is 3.38. The smallest absolute Gasteiger partial charge is 0.225 e. The minimum atomic E-state index is -0.0712. The molecule has 1 amide bonds. The van der Waals surface area contributed by atoms with Crippen LogP contribution in [0.3, 0.4) is 0 Å². The van der Waals surface area contributed by atoms with Gasteiger partial charge in [0.2, 0.25) is 5.91 Å². The van der Waals surface area contributed by atoms with Crippen molar-refractivity contribution < 1.29 is 4.79 Å². The lowest BCUT2D eigenvalue weighted by Crippen LogP contribution is -2.43. The molecule has 8 heteroatoms. The molecule has 7 nitrogen and oxygen atoms in total. The van der Waals surface area contributed by atoms with Gasteiger partial charge in [-0.05, 0) is 50.5 Å². The molecule has 0 spiro atoms. The summed E-state index contributed by atoms with van der Waals surface area (Å²) in [6.45, 7) is 5.98. The van der Waals surface area contributed by atoms with E-state index in [2.05, 4.69) is 25.3 Å². The highest BCUT2D eigenvalue weighted by molar-refractivity contribution is 6.30. The number of carbonyl (C=O) groups is 1. The Morgan fingerprint density at radius 3 is 2.67 bits per heavy atom. The van der Waals surface area contributed by atoms with Crippen molar-refractivity contribution in [2.24, 2.45) is 5.92 Å². The molecular formula is C22H25ClN6O. The van der Waals surface area contributed by atoms with E-state index in [1.807, 2.05) is 54.9 Å². The van der Waals surface area contributed by atoms with E-state index in [1.54, 1.807) is 6.33 Å². The summed E-state index contributed by atoms with van der Waals surface area (Å²) >= 11 is 5.92. The molecular weight excluding hydrogens is 400 g/mol. The third kappa shape index (κ3) is 4.62. The van der Waals surface area contributed by atoms with Crippen LogP contribution in [0.25, 0.3) is 5.82 Å². The fraction of sp³-hybridized carbons (Fsp3) is 0.364. The topological polar surface area (TPSA) is 75.9 Å². The number of aryl methyl sites for hydroxylation is 2. The van der Waals surface area contributed by atoms with Crippen molar-refractivity contribution in [1.29, 1.82) is 0 Å². The molecule has 1 aliphatic rings. The van der Waals surface area contributed by atoms with E-state index >= 15 is 0 Å². The molecule has 0 radical (unpaired) electrons. The molecule has 4 rings (SSSR count). The van der Waals surface area contributed by atoms with E-state index < -0.39 is 0 Å². The standard InChI is InChI=1S/C22H25ClN6O/c1-15-10-16(2)29(27-15)21-11-20(25-14-26-21)28-9-3-4-18(13-28)22(30)24-12-17-5-7-19(23)8-6-17/h5-8,10-11,14,18H,3-4,9,12-13H2,1-2H3,(H,24,30)/t18-/m0/s1. The van der Waals surface area contributed by atoms with Gasteiger partial charge in [0.25, 0.3) is 0 Å². The Morgan fingerprint density at radius 1 is 1.17 bits per heavy atom. The van der Waals surface area contributed by atoms with Gasteiger partial charge < -0.3 is 10.2 Å². The summed E-state index contributed by atoms with van der Waals surface area (Å²) in [5, 5.41) is 8.25. The number of aromatic nitrogens is 4. The average Bonchev–Trinajstić information content (AvgIpc) is 3.11. The summed E-state index contributed by atoms with van der Waals surface area (Å²) in [5.41, 5.74) is 3.00. The molecule has 3 aromatic rings. The molecule has 1 aromatic carbocycles. The van der Waals surface area contributed by atoms with Crippen molar-refractivity contribution in [2.45, 2.75) is 33.2 Å². The number of hydrogen-bond donors (Lipinski definition) is 1. The van der Waals surface area contributed by atoms with Gasteiger partial charge in [0.1, 0.15) is 12.1 Å². The van der Waals surface area contributed by atoms with E-state index in [1.165, 1.54) is 0 Å². The minimum Gasteiger partial charge on any atom is -0.356 e. The summed E-state index contributed by atoms with van der Waals surface area (Å²) < 4.78 is 1.82. The molecule has 0 unspecified atom stereocenters. The highest BCUT2D eigenvalue weighted by Gasteiger charge is 2.26. The molecule has 0 saturated carbocycles. The van der Waals surface area contributed by atoms with Crippen LogP contribution in [0.5, 0.6) is 0 Å². The van der Waals surface area contributed by atoms with Gasteiger partial charge in [-0.15, -0.1) is 0 Å². The van der Waals surface area contributed by atoms with Crippen molar-refractivity contribution in [2.75, 3.05) is 18.0 Å². The number of nitrogens with one attached hydrogen (secondary N) is 1. The highest BCUT2D eigenvalue weighted by atomic mass is 35.5. The van der Waals surface area contributed by atoms with Crippen molar-refractivity contribution >= 4 is 23.3 Å². The van der Waals surface area contributed by atoms with Gasteiger partial charge in [-0.25, -0.2) is 14.6 Å². The molecule has 2 aromatic heterocycles. The Hall–Kier alpha value is -2.93. The van der Waals surface area contributed by atoms with Gasteiger partial charge in [0.05, 0.1) is 11.6 Å². The third-order valence-electron chi connectivity index (χ3n) is 5.36. The first kappa shape index (κ1) is 20.3.